The van der Waals surface area contributed by atoms with Crippen LogP contribution in [-0.2, 0) is 4.79 Å². The van der Waals surface area contributed by atoms with E-state index in [2.05, 4.69) is 20.5 Å². The number of hydrogen-bond donors (Lipinski definition) is 1. The lowest BCUT2D eigenvalue weighted by Gasteiger charge is -2.21. The first-order valence-corrected chi connectivity index (χ1v) is 10.4. The van der Waals surface area contributed by atoms with E-state index in [9.17, 15) is 14.4 Å². The Hall–Kier alpha value is -4.86. The van der Waals surface area contributed by atoms with E-state index < -0.39 is 23.8 Å². The lowest BCUT2D eigenvalue weighted by atomic mass is 10.1. The van der Waals surface area contributed by atoms with Gasteiger partial charge in [-0.1, -0.05) is 12.1 Å². The minimum absolute atomic E-state index is 0.301. The van der Waals surface area contributed by atoms with Crippen molar-refractivity contribution in [1.29, 1.82) is 0 Å². The highest BCUT2D eigenvalue weighted by Crippen LogP contribution is 2.26. The maximum Gasteiger partial charge on any atom is 0.262 e. The molecule has 10 nitrogen and oxygen atoms in total. The van der Waals surface area contributed by atoms with Gasteiger partial charge in [0.05, 0.1) is 11.1 Å². The van der Waals surface area contributed by atoms with Gasteiger partial charge in [-0.15, -0.1) is 10.2 Å². The number of imide groups is 1. The second kappa shape index (κ2) is 8.58. The Labute approximate surface area is 193 Å². The predicted molar refractivity (Wildman–Crippen MR) is 121 cm³/mol. The van der Waals surface area contributed by atoms with Crippen molar-refractivity contribution < 1.29 is 19.1 Å². The third kappa shape index (κ3) is 3.88. The Balaban J connectivity index is 1.22. The van der Waals surface area contributed by atoms with Crippen LogP contribution in [-0.4, -0.2) is 48.4 Å². The minimum Gasteiger partial charge on any atom is -0.438 e. The molecule has 0 saturated carbocycles. The number of imidazole rings is 1. The van der Waals surface area contributed by atoms with Crippen molar-refractivity contribution in [3.63, 3.8) is 0 Å². The van der Waals surface area contributed by atoms with Crippen molar-refractivity contribution in [3.8, 4) is 17.4 Å². The zero-order valence-corrected chi connectivity index (χ0v) is 18.0. The summed E-state index contributed by atoms with van der Waals surface area (Å²) in [4.78, 5) is 42.9. The molecule has 0 radical (unpaired) electrons. The van der Waals surface area contributed by atoms with E-state index in [1.165, 1.54) is 6.92 Å². The molecule has 3 amide bonds. The standard InChI is InChI=1S/C24H18N6O4/c1-15(30-23(32)18-4-2-3-5-19(18)24(30)33)22(31)26-16-6-8-17(9-7-16)34-21-11-10-20(27-28-21)29-13-12-25-14-29/h2-15H,1H3,(H,26,31). The average Bonchev–Trinajstić information content (AvgIpc) is 3.48. The molecular weight excluding hydrogens is 436 g/mol. The summed E-state index contributed by atoms with van der Waals surface area (Å²) in [6.07, 6.45) is 5.02. The van der Waals surface area contributed by atoms with Gasteiger partial charge in [0, 0.05) is 24.1 Å². The van der Waals surface area contributed by atoms with Crippen molar-refractivity contribution in [3.05, 3.63) is 90.5 Å². The molecule has 5 rings (SSSR count). The molecule has 34 heavy (non-hydrogen) atoms. The van der Waals surface area contributed by atoms with Gasteiger partial charge in [-0.2, -0.15) is 0 Å². The molecule has 0 fully saturated rings. The van der Waals surface area contributed by atoms with E-state index in [1.54, 1.807) is 84.0 Å². The van der Waals surface area contributed by atoms with Gasteiger partial charge < -0.3 is 10.1 Å². The highest BCUT2D eigenvalue weighted by atomic mass is 16.5. The molecule has 1 N–H and O–H groups in total. The van der Waals surface area contributed by atoms with Crippen LogP contribution in [0.5, 0.6) is 11.6 Å². The molecule has 0 bridgehead atoms. The zero-order chi connectivity index (χ0) is 23.7. The molecule has 4 aromatic rings. The summed E-state index contributed by atoms with van der Waals surface area (Å²) >= 11 is 0. The van der Waals surface area contributed by atoms with Crippen molar-refractivity contribution in [2.24, 2.45) is 0 Å². The quantitative estimate of drug-likeness (QED) is 0.445. The third-order valence-electron chi connectivity index (χ3n) is 5.33. The molecular formula is C24H18N6O4. The average molecular weight is 454 g/mol. The molecule has 1 unspecified atom stereocenters. The zero-order valence-electron chi connectivity index (χ0n) is 18.0. The molecule has 0 saturated heterocycles. The van der Waals surface area contributed by atoms with Gasteiger partial charge in [-0.3, -0.25) is 23.9 Å². The number of carbonyl (C=O) groups is 3. The highest BCUT2D eigenvalue weighted by molar-refractivity contribution is 6.23. The number of aromatic nitrogens is 4. The summed E-state index contributed by atoms with van der Waals surface area (Å²) in [5.41, 5.74) is 1.09. The van der Waals surface area contributed by atoms with E-state index in [0.29, 0.717) is 34.3 Å². The maximum absolute atomic E-state index is 12.7. The largest absolute Gasteiger partial charge is 0.438 e. The number of carbonyl (C=O) groups excluding carboxylic acids is 3. The summed E-state index contributed by atoms with van der Waals surface area (Å²) in [7, 11) is 0. The fourth-order valence-electron chi connectivity index (χ4n) is 3.55. The lowest BCUT2D eigenvalue weighted by molar-refractivity contribution is -0.119. The van der Waals surface area contributed by atoms with Gasteiger partial charge in [0.2, 0.25) is 11.8 Å². The number of benzene rings is 2. The van der Waals surface area contributed by atoms with Crippen LogP contribution in [0.4, 0.5) is 5.69 Å². The van der Waals surface area contributed by atoms with Crippen LogP contribution in [0.15, 0.2) is 79.4 Å². The molecule has 2 aromatic heterocycles. The summed E-state index contributed by atoms with van der Waals surface area (Å²) in [6.45, 7) is 1.51. The van der Waals surface area contributed by atoms with Crippen LogP contribution < -0.4 is 10.1 Å². The van der Waals surface area contributed by atoms with E-state index in [-0.39, 0.29) is 0 Å². The SMILES string of the molecule is CC(C(=O)Nc1ccc(Oc2ccc(-n3ccnc3)nn2)cc1)N1C(=O)c2ccccc2C1=O. The van der Waals surface area contributed by atoms with E-state index in [0.717, 1.165) is 4.90 Å². The Morgan fingerprint density at radius 2 is 1.65 bits per heavy atom. The lowest BCUT2D eigenvalue weighted by Crippen LogP contribution is -2.45. The van der Waals surface area contributed by atoms with Crippen LogP contribution >= 0.6 is 0 Å². The Kier molecular flexibility index (Phi) is 5.30. The molecule has 3 heterocycles. The van der Waals surface area contributed by atoms with E-state index >= 15 is 0 Å². The first kappa shape index (κ1) is 21.0. The fraction of sp³-hybridized carbons (Fsp3) is 0.0833. The number of nitrogens with zero attached hydrogens (tertiary/aromatic N) is 5. The summed E-state index contributed by atoms with van der Waals surface area (Å²) in [5, 5.41) is 10.9. The number of nitrogens with one attached hydrogen (secondary N) is 1. The second-order valence-corrected chi connectivity index (χ2v) is 7.52. The number of anilines is 1. The Bertz CT molecular complexity index is 1330. The normalized spacial score (nSPS) is 13.5. The molecule has 0 aliphatic carbocycles. The first-order chi connectivity index (χ1) is 16.5. The molecule has 0 spiro atoms. The number of hydrogen-bond acceptors (Lipinski definition) is 7. The number of fused-ring (bicyclic) bond motifs is 1. The van der Waals surface area contributed by atoms with Crippen LogP contribution in [0.3, 0.4) is 0 Å². The van der Waals surface area contributed by atoms with Crippen molar-refractivity contribution >= 4 is 23.4 Å². The van der Waals surface area contributed by atoms with Gasteiger partial charge >= 0.3 is 0 Å². The molecule has 168 valence electrons. The van der Waals surface area contributed by atoms with Crippen molar-refractivity contribution in [2.45, 2.75) is 13.0 Å². The van der Waals surface area contributed by atoms with E-state index in [4.69, 9.17) is 4.74 Å². The summed E-state index contributed by atoms with van der Waals surface area (Å²) in [5.74, 6) is -0.0328. The summed E-state index contributed by atoms with van der Waals surface area (Å²) < 4.78 is 7.41. The van der Waals surface area contributed by atoms with Crippen molar-refractivity contribution in [1.82, 2.24) is 24.6 Å². The highest BCUT2D eigenvalue weighted by Gasteiger charge is 2.40. The number of amides is 3. The minimum atomic E-state index is -0.979. The van der Waals surface area contributed by atoms with E-state index in [1.807, 2.05) is 0 Å². The van der Waals surface area contributed by atoms with Crippen LogP contribution in [0.1, 0.15) is 27.6 Å². The van der Waals surface area contributed by atoms with Crippen LogP contribution in [0, 0.1) is 0 Å². The molecule has 10 heteroatoms. The topological polar surface area (TPSA) is 119 Å². The summed E-state index contributed by atoms with van der Waals surface area (Å²) in [6, 6.07) is 15.6. The molecule has 1 aliphatic rings. The van der Waals surface area contributed by atoms with Gasteiger partial charge in [0.1, 0.15) is 18.1 Å². The Morgan fingerprint density at radius 3 is 2.24 bits per heavy atom. The predicted octanol–water partition coefficient (Wildman–Crippen LogP) is 3.08. The monoisotopic (exact) mass is 454 g/mol. The number of rotatable bonds is 6. The van der Waals surface area contributed by atoms with Crippen LogP contribution in [0.2, 0.25) is 0 Å². The number of ether oxygens (including phenoxy) is 1. The first-order valence-electron chi connectivity index (χ1n) is 10.4. The second-order valence-electron chi connectivity index (χ2n) is 7.52. The van der Waals surface area contributed by atoms with Gasteiger partial charge in [0.15, 0.2) is 5.82 Å². The van der Waals surface area contributed by atoms with Crippen LogP contribution in [0.25, 0.3) is 5.82 Å². The smallest absolute Gasteiger partial charge is 0.262 e. The third-order valence-corrected chi connectivity index (χ3v) is 5.33. The molecule has 1 atom stereocenters. The van der Waals surface area contributed by atoms with Gasteiger partial charge in [-0.25, -0.2) is 4.98 Å². The van der Waals surface area contributed by atoms with Gasteiger partial charge in [-0.05, 0) is 49.4 Å². The Morgan fingerprint density at radius 1 is 0.941 bits per heavy atom. The van der Waals surface area contributed by atoms with Gasteiger partial charge in [0.25, 0.3) is 11.8 Å². The molecule has 1 aliphatic heterocycles. The fourth-order valence-corrected chi connectivity index (χ4v) is 3.55. The maximum atomic E-state index is 12.7. The molecule has 2 aromatic carbocycles. The van der Waals surface area contributed by atoms with Crippen molar-refractivity contribution in [2.75, 3.05) is 5.32 Å².